The third-order valence-electron chi connectivity index (χ3n) is 4.61. The van der Waals surface area contributed by atoms with Gasteiger partial charge in [0.2, 0.25) is 0 Å². The number of piperazine rings is 1. The summed E-state index contributed by atoms with van der Waals surface area (Å²) in [5.41, 5.74) is 0.793. The van der Waals surface area contributed by atoms with E-state index in [2.05, 4.69) is 65.2 Å². The quantitative estimate of drug-likeness (QED) is 0.743. The summed E-state index contributed by atoms with van der Waals surface area (Å²) in [7, 11) is 0. The van der Waals surface area contributed by atoms with Gasteiger partial charge in [0.05, 0.1) is 0 Å². The highest BCUT2D eigenvalue weighted by atomic mass is 15.3. The Hall–Kier alpha value is -0.0800. The van der Waals surface area contributed by atoms with E-state index >= 15 is 0 Å². The second-order valence-electron chi connectivity index (χ2n) is 9.05. The molecule has 0 N–H and O–H groups in total. The van der Waals surface area contributed by atoms with Gasteiger partial charge in [-0.05, 0) is 44.9 Å². The van der Waals surface area contributed by atoms with Crippen molar-refractivity contribution in [3.8, 4) is 0 Å². The lowest BCUT2D eigenvalue weighted by atomic mass is 9.87. The lowest BCUT2D eigenvalue weighted by Gasteiger charge is -2.47. The van der Waals surface area contributed by atoms with Gasteiger partial charge in [0.15, 0.2) is 0 Å². The molecule has 0 aliphatic carbocycles. The van der Waals surface area contributed by atoms with Gasteiger partial charge >= 0.3 is 0 Å². The highest BCUT2D eigenvalue weighted by molar-refractivity contribution is 4.88. The molecule has 1 aliphatic heterocycles. The highest BCUT2D eigenvalue weighted by Crippen LogP contribution is 2.27. The maximum absolute atomic E-state index is 2.70. The second kappa shape index (κ2) is 6.79. The molecule has 1 atom stereocenters. The Kier molecular flexibility index (Phi) is 6.10. The smallest absolute Gasteiger partial charge is 0.0156 e. The molecule has 1 fully saturated rings. The summed E-state index contributed by atoms with van der Waals surface area (Å²) in [5.74, 6) is 0.780. The van der Waals surface area contributed by atoms with Crippen LogP contribution in [0.1, 0.15) is 68.2 Å². The van der Waals surface area contributed by atoms with Crippen molar-refractivity contribution in [2.24, 2.45) is 11.3 Å². The number of hydrogen-bond donors (Lipinski definition) is 0. The zero-order valence-corrected chi connectivity index (χ0v) is 15.3. The molecule has 0 amide bonds. The molecule has 1 unspecified atom stereocenters. The summed E-state index contributed by atoms with van der Waals surface area (Å²) in [4.78, 5) is 5.39. The van der Waals surface area contributed by atoms with Crippen molar-refractivity contribution < 1.29 is 0 Å². The van der Waals surface area contributed by atoms with Crippen LogP contribution in [0.15, 0.2) is 0 Å². The fraction of sp³-hybridized carbons (Fsp3) is 1.00. The van der Waals surface area contributed by atoms with E-state index in [1.54, 1.807) is 0 Å². The van der Waals surface area contributed by atoms with Crippen molar-refractivity contribution in [2.75, 3.05) is 26.2 Å². The van der Waals surface area contributed by atoms with E-state index < -0.39 is 0 Å². The van der Waals surface area contributed by atoms with Crippen LogP contribution in [0.2, 0.25) is 0 Å². The number of nitrogens with zero attached hydrogens (tertiary/aromatic N) is 2. The summed E-state index contributed by atoms with van der Waals surface area (Å²) in [5, 5.41) is 0. The molecule has 20 heavy (non-hydrogen) atoms. The van der Waals surface area contributed by atoms with E-state index in [9.17, 15) is 0 Å². The third kappa shape index (κ3) is 5.73. The van der Waals surface area contributed by atoms with Crippen LogP contribution < -0.4 is 0 Å². The zero-order valence-electron chi connectivity index (χ0n) is 15.3. The number of hydrogen-bond acceptors (Lipinski definition) is 2. The van der Waals surface area contributed by atoms with E-state index in [0.29, 0.717) is 17.0 Å². The van der Waals surface area contributed by atoms with Crippen molar-refractivity contribution >= 4 is 0 Å². The van der Waals surface area contributed by atoms with Gasteiger partial charge in [0, 0.05) is 37.8 Å². The normalized spacial score (nSPS) is 21.4. The molecule has 1 saturated heterocycles. The minimum Gasteiger partial charge on any atom is -0.298 e. The molecular weight excluding hydrogens is 244 g/mol. The van der Waals surface area contributed by atoms with E-state index in [4.69, 9.17) is 0 Å². The minimum absolute atomic E-state index is 0.355. The standard InChI is InChI=1S/C18H38N2/c1-15(2)13-18(7,8)20-11-9-19(10-12-20)16(3)14-17(4,5)6/h15-16H,9-14H2,1-8H3. The molecule has 0 aromatic rings. The average molecular weight is 283 g/mol. The van der Waals surface area contributed by atoms with Crippen molar-refractivity contribution in [1.82, 2.24) is 9.80 Å². The van der Waals surface area contributed by atoms with Crippen LogP contribution in [0.5, 0.6) is 0 Å². The summed E-state index contributed by atoms with van der Waals surface area (Å²) in [6.45, 7) is 23.9. The maximum Gasteiger partial charge on any atom is 0.0156 e. The first kappa shape index (κ1) is 18.0. The average Bonchev–Trinajstić information content (AvgIpc) is 2.25. The molecule has 2 heteroatoms. The van der Waals surface area contributed by atoms with Gasteiger partial charge in [-0.3, -0.25) is 9.80 Å². The summed E-state index contributed by atoms with van der Waals surface area (Å²) in [6.07, 6.45) is 2.59. The van der Waals surface area contributed by atoms with Crippen molar-refractivity contribution in [3.63, 3.8) is 0 Å². The third-order valence-corrected chi connectivity index (χ3v) is 4.61. The molecule has 0 aromatic heterocycles. The molecule has 1 rings (SSSR count). The van der Waals surface area contributed by atoms with Crippen molar-refractivity contribution in [3.05, 3.63) is 0 Å². The van der Waals surface area contributed by atoms with Gasteiger partial charge < -0.3 is 0 Å². The minimum atomic E-state index is 0.355. The summed E-state index contributed by atoms with van der Waals surface area (Å²) in [6, 6.07) is 0.713. The Balaban J connectivity index is 2.47. The summed E-state index contributed by atoms with van der Waals surface area (Å²) >= 11 is 0. The summed E-state index contributed by atoms with van der Waals surface area (Å²) < 4.78 is 0. The Bertz CT molecular complexity index is 280. The first-order valence-corrected chi connectivity index (χ1v) is 8.50. The topological polar surface area (TPSA) is 6.48 Å². The fourth-order valence-corrected chi connectivity index (χ4v) is 3.91. The molecule has 0 aromatic carbocycles. The molecule has 0 bridgehead atoms. The molecular formula is C18H38N2. The molecule has 1 aliphatic rings. The lowest BCUT2D eigenvalue weighted by molar-refractivity contribution is 0.0204. The first-order chi connectivity index (χ1) is 9.01. The van der Waals surface area contributed by atoms with Crippen LogP contribution in [0.3, 0.4) is 0 Å². The Labute approximate surface area is 127 Å². The van der Waals surface area contributed by atoms with E-state index in [-0.39, 0.29) is 0 Å². The molecule has 1 heterocycles. The van der Waals surface area contributed by atoms with Crippen molar-refractivity contribution in [1.29, 1.82) is 0 Å². The van der Waals surface area contributed by atoms with Crippen LogP contribution in [0.25, 0.3) is 0 Å². The SMILES string of the molecule is CC(C)CC(C)(C)N1CCN(C(C)CC(C)(C)C)CC1. The number of rotatable bonds is 5. The van der Waals surface area contributed by atoms with Gasteiger partial charge in [-0.25, -0.2) is 0 Å². The van der Waals surface area contributed by atoms with Crippen LogP contribution in [-0.2, 0) is 0 Å². The maximum atomic E-state index is 2.70. The molecule has 120 valence electrons. The lowest BCUT2D eigenvalue weighted by Crippen LogP contribution is -2.56. The van der Waals surface area contributed by atoms with Gasteiger partial charge in [0.1, 0.15) is 0 Å². The van der Waals surface area contributed by atoms with Gasteiger partial charge in [-0.1, -0.05) is 34.6 Å². The second-order valence-corrected chi connectivity index (χ2v) is 9.05. The van der Waals surface area contributed by atoms with Gasteiger partial charge in [0.25, 0.3) is 0 Å². The largest absolute Gasteiger partial charge is 0.298 e. The van der Waals surface area contributed by atoms with Crippen LogP contribution in [-0.4, -0.2) is 47.6 Å². The van der Waals surface area contributed by atoms with E-state index in [1.165, 1.54) is 39.0 Å². The van der Waals surface area contributed by atoms with E-state index in [1.807, 2.05) is 0 Å². The molecule has 2 nitrogen and oxygen atoms in total. The van der Waals surface area contributed by atoms with Gasteiger partial charge in [-0.15, -0.1) is 0 Å². The highest BCUT2D eigenvalue weighted by Gasteiger charge is 2.32. The predicted molar refractivity (Wildman–Crippen MR) is 90.2 cm³/mol. The van der Waals surface area contributed by atoms with Crippen molar-refractivity contribution in [2.45, 2.75) is 79.8 Å². The zero-order chi connectivity index (χ0) is 15.6. The molecule has 0 saturated carbocycles. The Morgan fingerprint density at radius 3 is 1.70 bits per heavy atom. The Morgan fingerprint density at radius 2 is 1.30 bits per heavy atom. The Morgan fingerprint density at radius 1 is 0.800 bits per heavy atom. The van der Waals surface area contributed by atoms with Crippen LogP contribution in [0.4, 0.5) is 0 Å². The molecule has 0 spiro atoms. The fourth-order valence-electron chi connectivity index (χ4n) is 3.91. The monoisotopic (exact) mass is 282 g/mol. The van der Waals surface area contributed by atoms with Crippen LogP contribution in [0, 0.1) is 11.3 Å². The van der Waals surface area contributed by atoms with Gasteiger partial charge in [-0.2, -0.15) is 0 Å². The molecule has 0 radical (unpaired) electrons. The van der Waals surface area contributed by atoms with Crippen LogP contribution >= 0.6 is 0 Å². The predicted octanol–water partition coefficient (Wildman–Crippen LogP) is 4.25. The van der Waals surface area contributed by atoms with E-state index in [0.717, 1.165) is 5.92 Å². The first-order valence-electron chi connectivity index (χ1n) is 8.50.